The molecule has 3 rings (SSSR count). The second-order valence-corrected chi connectivity index (χ2v) is 5.97. The van der Waals surface area contributed by atoms with Crippen molar-refractivity contribution in [1.82, 2.24) is 15.3 Å². The lowest BCUT2D eigenvalue weighted by Gasteiger charge is -2.36. The number of aryl methyl sites for hydroxylation is 2. The van der Waals surface area contributed by atoms with E-state index in [-0.39, 0.29) is 0 Å². The minimum atomic E-state index is 0.729. The van der Waals surface area contributed by atoms with Gasteiger partial charge in [0.1, 0.15) is 11.6 Å². The van der Waals surface area contributed by atoms with Crippen molar-refractivity contribution in [2.45, 2.75) is 45.6 Å². The first-order chi connectivity index (χ1) is 9.22. The van der Waals surface area contributed by atoms with Crippen LogP contribution in [0.3, 0.4) is 0 Å². The van der Waals surface area contributed by atoms with Crippen molar-refractivity contribution in [3.63, 3.8) is 0 Å². The van der Waals surface area contributed by atoms with Gasteiger partial charge >= 0.3 is 0 Å². The molecule has 0 bridgehead atoms. The van der Waals surface area contributed by atoms with Crippen LogP contribution in [0.5, 0.6) is 0 Å². The SMILES string of the molecule is Cc1cc(N2CCCC(C3CCCN3)C2)nc(C)n1. The zero-order valence-corrected chi connectivity index (χ0v) is 12.0. The molecule has 3 heterocycles. The second-order valence-electron chi connectivity index (χ2n) is 5.97. The maximum Gasteiger partial charge on any atom is 0.132 e. The highest BCUT2D eigenvalue weighted by Gasteiger charge is 2.29. The van der Waals surface area contributed by atoms with Crippen molar-refractivity contribution < 1.29 is 0 Å². The van der Waals surface area contributed by atoms with E-state index < -0.39 is 0 Å². The van der Waals surface area contributed by atoms with E-state index in [1.807, 2.05) is 6.92 Å². The van der Waals surface area contributed by atoms with Crippen LogP contribution in [0.15, 0.2) is 6.07 Å². The van der Waals surface area contributed by atoms with Gasteiger partial charge in [0, 0.05) is 30.9 Å². The van der Waals surface area contributed by atoms with Gasteiger partial charge in [-0.2, -0.15) is 0 Å². The van der Waals surface area contributed by atoms with E-state index in [1.54, 1.807) is 0 Å². The first-order valence-electron chi connectivity index (χ1n) is 7.53. The Morgan fingerprint density at radius 1 is 1.21 bits per heavy atom. The van der Waals surface area contributed by atoms with Crippen molar-refractivity contribution in [1.29, 1.82) is 0 Å². The Labute approximate surface area is 115 Å². The lowest BCUT2D eigenvalue weighted by molar-refractivity contribution is 0.328. The average molecular weight is 260 g/mol. The third-order valence-electron chi connectivity index (χ3n) is 4.40. The number of hydrogen-bond acceptors (Lipinski definition) is 4. The first-order valence-corrected chi connectivity index (χ1v) is 7.53. The molecule has 2 atom stereocenters. The summed E-state index contributed by atoms with van der Waals surface area (Å²) in [6.45, 7) is 7.52. The first kappa shape index (κ1) is 12.9. The molecule has 2 fully saturated rings. The topological polar surface area (TPSA) is 41.0 Å². The van der Waals surface area contributed by atoms with Crippen LogP contribution in [0.2, 0.25) is 0 Å². The van der Waals surface area contributed by atoms with E-state index in [0.29, 0.717) is 0 Å². The summed E-state index contributed by atoms with van der Waals surface area (Å²) in [4.78, 5) is 11.4. The van der Waals surface area contributed by atoms with Crippen LogP contribution in [0.4, 0.5) is 5.82 Å². The van der Waals surface area contributed by atoms with Gasteiger partial charge in [0.25, 0.3) is 0 Å². The molecule has 104 valence electrons. The minimum Gasteiger partial charge on any atom is -0.356 e. The number of nitrogens with one attached hydrogen (secondary N) is 1. The van der Waals surface area contributed by atoms with Gasteiger partial charge < -0.3 is 10.2 Å². The van der Waals surface area contributed by atoms with Crippen molar-refractivity contribution in [2.24, 2.45) is 5.92 Å². The van der Waals surface area contributed by atoms with Gasteiger partial charge in [-0.3, -0.25) is 0 Å². The van der Waals surface area contributed by atoms with Crippen molar-refractivity contribution in [3.8, 4) is 0 Å². The molecular formula is C15H24N4. The van der Waals surface area contributed by atoms with Crippen LogP contribution in [0.25, 0.3) is 0 Å². The summed E-state index contributed by atoms with van der Waals surface area (Å²) < 4.78 is 0. The molecule has 0 radical (unpaired) electrons. The van der Waals surface area contributed by atoms with Gasteiger partial charge in [-0.05, 0) is 52.0 Å². The number of aromatic nitrogens is 2. The molecule has 0 aromatic carbocycles. The molecule has 19 heavy (non-hydrogen) atoms. The quantitative estimate of drug-likeness (QED) is 0.884. The Balaban J connectivity index is 1.73. The van der Waals surface area contributed by atoms with Gasteiger partial charge in [0.05, 0.1) is 0 Å². The van der Waals surface area contributed by atoms with Crippen LogP contribution < -0.4 is 10.2 Å². The number of anilines is 1. The Bertz CT molecular complexity index is 420. The molecule has 2 aliphatic rings. The highest BCUT2D eigenvalue weighted by molar-refractivity contribution is 5.40. The third-order valence-corrected chi connectivity index (χ3v) is 4.40. The van der Waals surface area contributed by atoms with E-state index in [1.165, 1.54) is 32.2 Å². The standard InChI is InChI=1S/C15H24N4/c1-11-9-15(18-12(2)17-11)19-8-4-5-13(10-19)14-6-3-7-16-14/h9,13-14,16H,3-8,10H2,1-2H3. The molecule has 0 saturated carbocycles. The van der Waals surface area contributed by atoms with Crippen LogP contribution in [-0.4, -0.2) is 35.6 Å². The molecule has 1 aromatic rings. The van der Waals surface area contributed by atoms with Gasteiger partial charge in [-0.25, -0.2) is 9.97 Å². The fraction of sp³-hybridized carbons (Fsp3) is 0.733. The molecule has 4 heteroatoms. The summed E-state index contributed by atoms with van der Waals surface area (Å²) in [7, 11) is 0. The molecule has 0 amide bonds. The van der Waals surface area contributed by atoms with Crippen LogP contribution in [0, 0.1) is 19.8 Å². The van der Waals surface area contributed by atoms with E-state index in [0.717, 1.165) is 42.4 Å². The Morgan fingerprint density at radius 2 is 2.11 bits per heavy atom. The van der Waals surface area contributed by atoms with Gasteiger partial charge in [-0.1, -0.05) is 0 Å². The van der Waals surface area contributed by atoms with Gasteiger partial charge in [0.15, 0.2) is 0 Å². The zero-order valence-electron chi connectivity index (χ0n) is 12.0. The second kappa shape index (κ2) is 5.45. The number of rotatable bonds is 2. The van der Waals surface area contributed by atoms with Gasteiger partial charge in [0.2, 0.25) is 0 Å². The van der Waals surface area contributed by atoms with Crippen LogP contribution in [0.1, 0.15) is 37.2 Å². The summed E-state index contributed by atoms with van der Waals surface area (Å²) in [6, 6.07) is 2.85. The normalized spacial score (nSPS) is 27.8. The Hall–Kier alpha value is -1.16. The highest BCUT2D eigenvalue weighted by Crippen LogP contribution is 2.27. The number of hydrogen-bond donors (Lipinski definition) is 1. The zero-order chi connectivity index (χ0) is 13.2. The lowest BCUT2D eigenvalue weighted by Crippen LogP contribution is -2.43. The monoisotopic (exact) mass is 260 g/mol. The summed E-state index contributed by atoms with van der Waals surface area (Å²) in [5.74, 6) is 2.79. The van der Waals surface area contributed by atoms with Crippen LogP contribution in [-0.2, 0) is 0 Å². The maximum atomic E-state index is 4.61. The molecule has 4 nitrogen and oxygen atoms in total. The van der Waals surface area contributed by atoms with E-state index in [2.05, 4.69) is 33.2 Å². The highest BCUT2D eigenvalue weighted by atomic mass is 15.2. The Kier molecular flexibility index (Phi) is 3.69. The molecule has 2 saturated heterocycles. The summed E-state index contributed by atoms with van der Waals surface area (Å²) >= 11 is 0. The van der Waals surface area contributed by atoms with E-state index in [4.69, 9.17) is 0 Å². The summed E-state index contributed by atoms with van der Waals surface area (Å²) in [5.41, 5.74) is 1.07. The fourth-order valence-electron chi connectivity index (χ4n) is 3.52. The fourth-order valence-corrected chi connectivity index (χ4v) is 3.52. The van der Waals surface area contributed by atoms with Gasteiger partial charge in [-0.15, -0.1) is 0 Å². The molecule has 0 aliphatic carbocycles. The predicted octanol–water partition coefficient (Wildman–Crippen LogP) is 2.06. The summed E-state index contributed by atoms with van der Waals surface area (Å²) in [6.07, 6.45) is 5.33. The molecular weight excluding hydrogens is 236 g/mol. The van der Waals surface area contributed by atoms with Crippen molar-refractivity contribution in [2.75, 3.05) is 24.5 Å². The maximum absolute atomic E-state index is 4.61. The largest absolute Gasteiger partial charge is 0.356 e. The van der Waals surface area contributed by atoms with E-state index >= 15 is 0 Å². The summed E-state index contributed by atoms with van der Waals surface area (Å²) in [5, 5.41) is 3.66. The smallest absolute Gasteiger partial charge is 0.132 e. The molecule has 0 spiro atoms. The Morgan fingerprint density at radius 3 is 2.84 bits per heavy atom. The molecule has 1 aromatic heterocycles. The molecule has 2 aliphatic heterocycles. The number of piperidine rings is 1. The molecule has 2 unspecified atom stereocenters. The van der Waals surface area contributed by atoms with Crippen molar-refractivity contribution >= 4 is 5.82 Å². The van der Waals surface area contributed by atoms with E-state index in [9.17, 15) is 0 Å². The third kappa shape index (κ3) is 2.89. The molecule has 1 N–H and O–H groups in total. The predicted molar refractivity (Wildman–Crippen MR) is 77.5 cm³/mol. The van der Waals surface area contributed by atoms with Crippen molar-refractivity contribution in [3.05, 3.63) is 17.6 Å². The number of nitrogens with zero attached hydrogens (tertiary/aromatic N) is 3. The minimum absolute atomic E-state index is 0.729. The lowest BCUT2D eigenvalue weighted by atomic mass is 9.90. The van der Waals surface area contributed by atoms with Crippen LogP contribution >= 0.6 is 0 Å². The average Bonchev–Trinajstić information content (AvgIpc) is 2.92.